The van der Waals surface area contributed by atoms with E-state index in [0.29, 0.717) is 30.4 Å². The smallest absolute Gasteiger partial charge is 0.276 e. The first-order chi connectivity index (χ1) is 14.2. The van der Waals surface area contributed by atoms with E-state index >= 15 is 0 Å². The molecule has 4 rings (SSSR count). The third-order valence-corrected chi connectivity index (χ3v) is 5.75. The van der Waals surface area contributed by atoms with E-state index in [2.05, 4.69) is 42.6 Å². The normalized spacial score (nSPS) is 22.6. The number of anilines is 2. The van der Waals surface area contributed by atoms with Crippen LogP contribution in [0, 0.1) is 0 Å². The number of para-hydroxylation sites is 2. The van der Waals surface area contributed by atoms with Gasteiger partial charge in [-0.2, -0.15) is 5.10 Å². The van der Waals surface area contributed by atoms with Crippen molar-refractivity contribution in [3.8, 4) is 0 Å². The fraction of sp³-hybridized carbons (Fsp3) is 0.500. The maximum Gasteiger partial charge on any atom is 0.276 e. The van der Waals surface area contributed by atoms with E-state index in [9.17, 15) is 4.79 Å². The zero-order valence-corrected chi connectivity index (χ0v) is 18.8. The fourth-order valence-corrected chi connectivity index (χ4v) is 4.34. The molecule has 2 aromatic rings. The maximum atomic E-state index is 13.3. The highest BCUT2D eigenvalue weighted by Gasteiger charge is 2.45. The molecular weight excluding hydrogens is 400 g/mol. The summed E-state index contributed by atoms with van der Waals surface area (Å²) in [5, 5.41) is 12.0. The number of halogens is 1. The number of benzene rings is 1. The number of carbonyl (C=O) groups is 1. The molecule has 7 nitrogen and oxygen atoms in total. The summed E-state index contributed by atoms with van der Waals surface area (Å²) in [7, 11) is 0. The first-order valence-corrected chi connectivity index (χ1v) is 10.9. The highest BCUT2D eigenvalue weighted by Crippen LogP contribution is 2.37. The molecular formula is C22H29ClN6O. The lowest BCUT2D eigenvalue weighted by atomic mass is 9.84. The zero-order valence-electron chi connectivity index (χ0n) is 18.0. The first kappa shape index (κ1) is 20.7. The summed E-state index contributed by atoms with van der Waals surface area (Å²) in [6.07, 6.45) is 3.44. The molecule has 0 radical (unpaired) electrons. The molecule has 1 aromatic heterocycles. The van der Waals surface area contributed by atoms with Gasteiger partial charge in [-0.25, -0.2) is 0 Å². The number of hydrogen-bond donors (Lipinski definition) is 2. The molecule has 160 valence electrons. The minimum absolute atomic E-state index is 0.137. The number of aromatic nitrogens is 2. The van der Waals surface area contributed by atoms with Gasteiger partial charge in [-0.05, 0) is 52.7 Å². The SMILES string of the molecule is CCn1cc(Cl)c(C(=O)N2CCC[C@@]3(C2)Nc2ccccc2NC3=NC(C)(C)C)n1. The molecule has 1 saturated heterocycles. The van der Waals surface area contributed by atoms with E-state index in [4.69, 9.17) is 16.6 Å². The number of fused-ring (bicyclic) bond motifs is 1. The Morgan fingerprint density at radius 2 is 2.03 bits per heavy atom. The van der Waals surface area contributed by atoms with Crippen LogP contribution >= 0.6 is 11.6 Å². The largest absolute Gasteiger partial charge is 0.370 e. The van der Waals surface area contributed by atoms with E-state index in [1.807, 2.05) is 30.0 Å². The summed E-state index contributed by atoms with van der Waals surface area (Å²) in [6.45, 7) is 10.1. The van der Waals surface area contributed by atoms with Crippen LogP contribution in [-0.4, -0.2) is 50.6 Å². The first-order valence-electron chi connectivity index (χ1n) is 10.5. The number of nitrogens with zero attached hydrogens (tertiary/aromatic N) is 4. The third kappa shape index (κ3) is 3.90. The van der Waals surface area contributed by atoms with E-state index < -0.39 is 5.54 Å². The summed E-state index contributed by atoms with van der Waals surface area (Å²) in [4.78, 5) is 20.1. The third-order valence-electron chi connectivity index (χ3n) is 5.48. The van der Waals surface area contributed by atoms with Crippen LogP contribution in [0.15, 0.2) is 35.5 Å². The minimum atomic E-state index is -0.477. The highest BCUT2D eigenvalue weighted by molar-refractivity contribution is 6.33. The van der Waals surface area contributed by atoms with Gasteiger partial charge in [-0.3, -0.25) is 14.5 Å². The van der Waals surface area contributed by atoms with Gasteiger partial charge in [0.2, 0.25) is 0 Å². The van der Waals surface area contributed by atoms with Crippen molar-refractivity contribution in [3.05, 3.63) is 41.2 Å². The molecule has 1 atom stereocenters. The van der Waals surface area contributed by atoms with Gasteiger partial charge in [0.25, 0.3) is 5.91 Å². The van der Waals surface area contributed by atoms with Crippen molar-refractivity contribution in [3.63, 3.8) is 0 Å². The summed E-state index contributed by atoms with van der Waals surface area (Å²) in [6, 6.07) is 8.10. The van der Waals surface area contributed by atoms with Crippen LogP contribution in [0.4, 0.5) is 11.4 Å². The Bertz CT molecular complexity index is 992. The van der Waals surface area contributed by atoms with Gasteiger partial charge in [0.05, 0.1) is 28.5 Å². The lowest BCUT2D eigenvalue weighted by Crippen LogP contribution is -2.63. The van der Waals surface area contributed by atoms with Crippen LogP contribution in [0.25, 0.3) is 0 Å². The average molecular weight is 429 g/mol. The molecule has 1 fully saturated rings. The number of aliphatic imine (C=N–C) groups is 1. The standard InChI is InChI=1S/C22H29ClN6O/c1-5-29-13-15(23)18(27-29)19(30)28-12-8-11-22(14-28)20(26-21(2,3)4)24-16-9-6-7-10-17(16)25-22/h6-7,9-10,13,25H,5,8,11-12,14H2,1-4H3,(H,24,26)/t22-/m0/s1. The molecule has 3 heterocycles. The monoisotopic (exact) mass is 428 g/mol. The molecule has 1 aromatic carbocycles. The number of carbonyl (C=O) groups excluding carboxylic acids is 1. The average Bonchev–Trinajstić information content (AvgIpc) is 3.08. The van der Waals surface area contributed by atoms with E-state index in [1.54, 1.807) is 10.9 Å². The Kier molecular flexibility index (Phi) is 5.26. The molecule has 1 spiro atoms. The number of rotatable bonds is 2. The Labute approximate surface area is 182 Å². The molecule has 30 heavy (non-hydrogen) atoms. The summed E-state index contributed by atoms with van der Waals surface area (Å²) >= 11 is 6.32. The van der Waals surface area contributed by atoms with Crippen LogP contribution in [0.3, 0.4) is 0 Å². The lowest BCUT2D eigenvalue weighted by Gasteiger charge is -2.47. The quantitative estimate of drug-likeness (QED) is 0.749. The second-order valence-corrected chi connectivity index (χ2v) is 9.43. The molecule has 2 aliphatic rings. The van der Waals surface area contributed by atoms with Crippen LogP contribution in [0.5, 0.6) is 0 Å². The minimum Gasteiger partial charge on any atom is -0.370 e. The van der Waals surface area contributed by atoms with E-state index in [1.165, 1.54) is 0 Å². The van der Waals surface area contributed by atoms with Gasteiger partial charge in [0.1, 0.15) is 11.4 Å². The Hall–Kier alpha value is -2.54. The maximum absolute atomic E-state index is 13.3. The van der Waals surface area contributed by atoms with Crippen LogP contribution in [0.2, 0.25) is 5.02 Å². The Balaban J connectivity index is 1.69. The van der Waals surface area contributed by atoms with Crippen molar-refractivity contribution in [2.24, 2.45) is 4.99 Å². The number of amides is 1. The summed E-state index contributed by atoms with van der Waals surface area (Å²) in [5.74, 6) is 0.735. The Morgan fingerprint density at radius 1 is 1.30 bits per heavy atom. The van der Waals surface area contributed by atoms with Crippen LogP contribution in [-0.2, 0) is 6.54 Å². The van der Waals surface area contributed by atoms with Gasteiger partial charge < -0.3 is 15.5 Å². The number of hydrogen-bond acceptors (Lipinski definition) is 4. The van der Waals surface area contributed by atoms with Gasteiger partial charge in [-0.1, -0.05) is 23.7 Å². The summed E-state index contributed by atoms with van der Waals surface area (Å²) < 4.78 is 1.69. The van der Waals surface area contributed by atoms with Crippen LogP contribution < -0.4 is 10.6 Å². The van der Waals surface area contributed by atoms with E-state index in [0.717, 1.165) is 30.1 Å². The van der Waals surface area contributed by atoms with Gasteiger partial charge >= 0.3 is 0 Å². The van der Waals surface area contributed by atoms with Crippen molar-refractivity contribution in [2.75, 3.05) is 23.7 Å². The topological polar surface area (TPSA) is 74.6 Å². The lowest BCUT2D eigenvalue weighted by molar-refractivity contribution is 0.0687. The van der Waals surface area contributed by atoms with Crippen molar-refractivity contribution >= 4 is 34.7 Å². The number of aryl methyl sites for hydroxylation is 1. The zero-order chi connectivity index (χ0) is 21.5. The molecule has 1 amide bonds. The number of likely N-dealkylation sites (tertiary alicyclic amines) is 1. The molecule has 0 unspecified atom stereocenters. The van der Waals surface area contributed by atoms with E-state index in [-0.39, 0.29) is 11.4 Å². The number of amidine groups is 1. The van der Waals surface area contributed by atoms with Gasteiger partial charge in [-0.15, -0.1) is 0 Å². The van der Waals surface area contributed by atoms with Crippen molar-refractivity contribution in [1.82, 2.24) is 14.7 Å². The van der Waals surface area contributed by atoms with Crippen molar-refractivity contribution in [2.45, 2.75) is 58.2 Å². The molecule has 2 aliphatic heterocycles. The molecule has 0 bridgehead atoms. The van der Waals surface area contributed by atoms with Crippen LogP contribution in [0.1, 0.15) is 51.0 Å². The second-order valence-electron chi connectivity index (χ2n) is 9.02. The molecule has 0 saturated carbocycles. The fourth-order valence-electron chi connectivity index (χ4n) is 4.11. The molecule has 8 heteroatoms. The molecule has 0 aliphatic carbocycles. The molecule has 2 N–H and O–H groups in total. The number of nitrogens with one attached hydrogen (secondary N) is 2. The highest BCUT2D eigenvalue weighted by atomic mass is 35.5. The predicted molar refractivity (Wildman–Crippen MR) is 122 cm³/mol. The second kappa shape index (κ2) is 7.61. The predicted octanol–water partition coefficient (Wildman–Crippen LogP) is 4.27. The Morgan fingerprint density at radius 3 is 2.70 bits per heavy atom. The summed E-state index contributed by atoms with van der Waals surface area (Å²) in [5.41, 5.74) is 1.61. The van der Waals surface area contributed by atoms with Gasteiger partial charge in [0, 0.05) is 19.3 Å². The van der Waals surface area contributed by atoms with Crippen molar-refractivity contribution in [1.29, 1.82) is 0 Å². The van der Waals surface area contributed by atoms with Crippen molar-refractivity contribution < 1.29 is 4.79 Å². The van der Waals surface area contributed by atoms with Gasteiger partial charge in [0.15, 0.2) is 5.69 Å². The number of piperidine rings is 1.